The molecule has 0 spiro atoms. The summed E-state index contributed by atoms with van der Waals surface area (Å²) in [6, 6.07) is 8.14. The molecule has 1 saturated heterocycles. The van der Waals surface area contributed by atoms with Gasteiger partial charge in [0.2, 0.25) is 0 Å². The van der Waals surface area contributed by atoms with Gasteiger partial charge in [0.25, 0.3) is 0 Å². The number of aromatic nitrogens is 1. The molecule has 1 aromatic carbocycles. The molecular weight excluding hydrogens is 325 g/mol. The van der Waals surface area contributed by atoms with E-state index in [1.807, 2.05) is 17.6 Å². The molecule has 0 radical (unpaired) electrons. The van der Waals surface area contributed by atoms with Crippen molar-refractivity contribution in [2.24, 2.45) is 5.92 Å². The van der Waals surface area contributed by atoms with Crippen LogP contribution >= 0.6 is 35.3 Å². The molecule has 3 nitrogen and oxygen atoms in total. The van der Waals surface area contributed by atoms with Gasteiger partial charge in [-0.25, -0.2) is 4.98 Å². The standard InChI is InChI=1S/C15H18ClN3S.ClH/c16-13-1-3-15(4-2-13)19-6-5-12(9-19)7-17-8-14-10-20-11-18-14;/h1-4,10-12,17H,5-9H2;1H. The Morgan fingerprint density at radius 2 is 2.14 bits per heavy atom. The second-order valence-electron chi connectivity index (χ2n) is 5.19. The zero-order chi connectivity index (χ0) is 13.8. The molecule has 3 rings (SSSR count). The molecule has 1 fully saturated rings. The highest BCUT2D eigenvalue weighted by molar-refractivity contribution is 7.07. The van der Waals surface area contributed by atoms with E-state index < -0.39 is 0 Å². The van der Waals surface area contributed by atoms with Gasteiger partial charge in [0, 0.05) is 42.3 Å². The van der Waals surface area contributed by atoms with E-state index in [1.54, 1.807) is 11.3 Å². The van der Waals surface area contributed by atoms with Gasteiger partial charge in [-0.2, -0.15) is 0 Å². The van der Waals surface area contributed by atoms with Crippen LogP contribution in [0.3, 0.4) is 0 Å². The lowest BCUT2D eigenvalue weighted by atomic mass is 10.1. The van der Waals surface area contributed by atoms with Gasteiger partial charge in [0.1, 0.15) is 0 Å². The summed E-state index contributed by atoms with van der Waals surface area (Å²) in [4.78, 5) is 6.72. The van der Waals surface area contributed by atoms with Crippen LogP contribution in [0.15, 0.2) is 35.2 Å². The topological polar surface area (TPSA) is 28.2 Å². The van der Waals surface area contributed by atoms with Crippen molar-refractivity contribution in [1.29, 1.82) is 0 Å². The Kier molecular flexibility index (Phi) is 6.30. The zero-order valence-corrected chi connectivity index (χ0v) is 14.1. The van der Waals surface area contributed by atoms with Crippen LogP contribution in [0.2, 0.25) is 5.02 Å². The molecule has 1 N–H and O–H groups in total. The Labute approximate surface area is 140 Å². The maximum absolute atomic E-state index is 5.93. The van der Waals surface area contributed by atoms with Crippen molar-refractivity contribution < 1.29 is 0 Å². The fraction of sp³-hybridized carbons (Fsp3) is 0.400. The van der Waals surface area contributed by atoms with Crippen LogP contribution in [0, 0.1) is 5.92 Å². The summed E-state index contributed by atoms with van der Waals surface area (Å²) >= 11 is 7.58. The first-order chi connectivity index (χ1) is 9.81. The Morgan fingerprint density at radius 3 is 2.86 bits per heavy atom. The maximum atomic E-state index is 5.93. The predicted octanol–water partition coefficient (Wildman–Crippen LogP) is 3.83. The highest BCUT2D eigenvalue weighted by atomic mass is 35.5. The Morgan fingerprint density at radius 1 is 1.33 bits per heavy atom. The van der Waals surface area contributed by atoms with Crippen LogP contribution < -0.4 is 10.2 Å². The first-order valence-corrected chi connectivity index (χ1v) is 8.21. The molecule has 0 aliphatic carbocycles. The minimum absolute atomic E-state index is 0. The molecule has 2 aromatic rings. The molecule has 1 aliphatic rings. The molecule has 2 heterocycles. The highest BCUT2D eigenvalue weighted by Crippen LogP contribution is 2.24. The summed E-state index contributed by atoms with van der Waals surface area (Å²) < 4.78 is 0. The summed E-state index contributed by atoms with van der Waals surface area (Å²) in [5.74, 6) is 0.712. The smallest absolute Gasteiger partial charge is 0.0795 e. The molecule has 1 unspecified atom stereocenters. The van der Waals surface area contributed by atoms with Gasteiger partial charge >= 0.3 is 0 Å². The van der Waals surface area contributed by atoms with Crippen molar-refractivity contribution in [2.75, 3.05) is 24.5 Å². The Bertz CT molecular complexity index is 530. The Balaban J connectivity index is 0.00000161. The fourth-order valence-electron chi connectivity index (χ4n) is 2.61. The average molecular weight is 344 g/mol. The number of thiazole rings is 1. The number of halogens is 2. The zero-order valence-electron chi connectivity index (χ0n) is 11.7. The third-order valence-electron chi connectivity index (χ3n) is 3.70. The first-order valence-electron chi connectivity index (χ1n) is 6.89. The van der Waals surface area contributed by atoms with Crippen molar-refractivity contribution in [3.05, 3.63) is 45.9 Å². The minimum atomic E-state index is 0. The Hall–Kier alpha value is -0.810. The fourth-order valence-corrected chi connectivity index (χ4v) is 3.30. The number of anilines is 1. The maximum Gasteiger partial charge on any atom is 0.0795 e. The van der Waals surface area contributed by atoms with E-state index in [0.717, 1.165) is 36.9 Å². The second kappa shape index (κ2) is 7.99. The molecule has 1 aliphatic heterocycles. The largest absolute Gasteiger partial charge is 0.371 e. The molecule has 0 amide bonds. The number of benzene rings is 1. The lowest BCUT2D eigenvalue weighted by Crippen LogP contribution is -2.26. The van der Waals surface area contributed by atoms with Gasteiger partial charge < -0.3 is 10.2 Å². The van der Waals surface area contributed by atoms with Crippen LogP contribution in [-0.2, 0) is 6.54 Å². The van der Waals surface area contributed by atoms with Crippen LogP contribution in [0.4, 0.5) is 5.69 Å². The SMILES string of the molecule is Cl.Clc1ccc(N2CCC(CNCc3cscn3)C2)cc1. The van der Waals surface area contributed by atoms with E-state index in [4.69, 9.17) is 11.6 Å². The van der Waals surface area contributed by atoms with Crippen molar-refractivity contribution in [1.82, 2.24) is 10.3 Å². The molecule has 0 bridgehead atoms. The van der Waals surface area contributed by atoms with E-state index >= 15 is 0 Å². The van der Waals surface area contributed by atoms with Gasteiger partial charge in [-0.05, 0) is 36.6 Å². The van der Waals surface area contributed by atoms with Crippen molar-refractivity contribution in [3.8, 4) is 0 Å². The summed E-state index contributed by atoms with van der Waals surface area (Å²) in [5.41, 5.74) is 4.30. The average Bonchev–Trinajstić information content (AvgIpc) is 3.11. The minimum Gasteiger partial charge on any atom is -0.371 e. The van der Waals surface area contributed by atoms with Crippen molar-refractivity contribution in [3.63, 3.8) is 0 Å². The number of hydrogen-bond donors (Lipinski definition) is 1. The van der Waals surface area contributed by atoms with E-state index in [2.05, 4.69) is 32.7 Å². The molecule has 1 atom stereocenters. The molecule has 114 valence electrons. The lowest BCUT2D eigenvalue weighted by molar-refractivity contribution is 0.514. The predicted molar refractivity (Wildman–Crippen MR) is 92.8 cm³/mol. The monoisotopic (exact) mass is 343 g/mol. The van der Waals surface area contributed by atoms with Gasteiger partial charge in [-0.3, -0.25) is 0 Å². The molecular formula is C15H19Cl2N3S. The number of rotatable bonds is 5. The van der Waals surface area contributed by atoms with Gasteiger partial charge in [-0.1, -0.05) is 11.6 Å². The number of nitrogens with one attached hydrogen (secondary N) is 1. The third kappa shape index (κ3) is 4.58. The molecule has 6 heteroatoms. The quantitative estimate of drug-likeness (QED) is 0.893. The summed E-state index contributed by atoms with van der Waals surface area (Å²) in [6.45, 7) is 4.18. The normalized spacial score (nSPS) is 17.8. The van der Waals surface area contributed by atoms with Crippen molar-refractivity contribution in [2.45, 2.75) is 13.0 Å². The van der Waals surface area contributed by atoms with Crippen LogP contribution in [-0.4, -0.2) is 24.6 Å². The van der Waals surface area contributed by atoms with E-state index in [0.29, 0.717) is 5.92 Å². The number of nitrogens with zero attached hydrogens (tertiary/aromatic N) is 2. The van der Waals surface area contributed by atoms with Crippen molar-refractivity contribution >= 4 is 41.0 Å². The second-order valence-corrected chi connectivity index (χ2v) is 6.34. The summed E-state index contributed by atoms with van der Waals surface area (Å²) in [6.07, 6.45) is 1.24. The number of hydrogen-bond acceptors (Lipinski definition) is 4. The highest BCUT2D eigenvalue weighted by Gasteiger charge is 2.22. The van der Waals surface area contributed by atoms with E-state index in [1.165, 1.54) is 12.1 Å². The lowest BCUT2D eigenvalue weighted by Gasteiger charge is -2.18. The van der Waals surface area contributed by atoms with E-state index in [-0.39, 0.29) is 12.4 Å². The molecule has 1 aromatic heterocycles. The van der Waals surface area contributed by atoms with Crippen LogP contribution in [0.5, 0.6) is 0 Å². The van der Waals surface area contributed by atoms with Crippen LogP contribution in [0.25, 0.3) is 0 Å². The van der Waals surface area contributed by atoms with Crippen LogP contribution in [0.1, 0.15) is 12.1 Å². The third-order valence-corrected chi connectivity index (χ3v) is 4.59. The van der Waals surface area contributed by atoms with Gasteiger partial charge in [0.15, 0.2) is 0 Å². The van der Waals surface area contributed by atoms with Gasteiger partial charge in [-0.15, -0.1) is 23.7 Å². The first kappa shape index (κ1) is 16.6. The molecule has 0 saturated carbocycles. The summed E-state index contributed by atoms with van der Waals surface area (Å²) in [5, 5.41) is 6.41. The van der Waals surface area contributed by atoms with E-state index in [9.17, 15) is 0 Å². The van der Waals surface area contributed by atoms with Gasteiger partial charge in [0.05, 0.1) is 11.2 Å². The summed E-state index contributed by atoms with van der Waals surface area (Å²) in [7, 11) is 0. The molecule has 21 heavy (non-hydrogen) atoms.